The van der Waals surface area contributed by atoms with Crippen molar-refractivity contribution in [3.63, 3.8) is 0 Å². The number of aryl methyl sites for hydroxylation is 2. The van der Waals surface area contributed by atoms with Crippen molar-refractivity contribution in [2.75, 3.05) is 13.1 Å². The van der Waals surface area contributed by atoms with Gasteiger partial charge in [-0.3, -0.25) is 9.59 Å². The zero-order valence-corrected chi connectivity index (χ0v) is 16.7. The van der Waals surface area contributed by atoms with Crippen LogP contribution in [-0.4, -0.2) is 45.7 Å². The molecule has 0 unspecified atom stereocenters. The number of oxazole rings is 1. The van der Waals surface area contributed by atoms with Crippen LogP contribution in [0.3, 0.4) is 0 Å². The van der Waals surface area contributed by atoms with Crippen LogP contribution in [0.25, 0.3) is 0 Å². The zero-order chi connectivity index (χ0) is 20.4. The maximum Gasteiger partial charge on any atom is 0.276 e. The largest absolute Gasteiger partial charge is 0.445 e. The highest BCUT2D eigenvalue weighted by molar-refractivity contribution is 5.93. The average Bonchev–Trinajstić information content (AvgIpc) is 2.89. The summed E-state index contributed by atoms with van der Waals surface area (Å²) in [4.78, 5) is 33.6. The second kappa shape index (κ2) is 8.12. The summed E-state index contributed by atoms with van der Waals surface area (Å²) in [6.45, 7) is 8.66. The summed E-state index contributed by atoms with van der Waals surface area (Å²) in [6, 6.07) is 6.03. The summed E-state index contributed by atoms with van der Waals surface area (Å²) >= 11 is 0. The van der Waals surface area contributed by atoms with Crippen LogP contribution in [0.1, 0.15) is 48.0 Å². The minimum Gasteiger partial charge on any atom is -0.445 e. The topological polar surface area (TPSA) is 66.7 Å². The van der Waals surface area contributed by atoms with Gasteiger partial charge in [-0.1, -0.05) is 26.0 Å². The van der Waals surface area contributed by atoms with Crippen molar-refractivity contribution in [1.82, 2.24) is 14.8 Å². The van der Waals surface area contributed by atoms with Crippen molar-refractivity contribution in [3.05, 3.63) is 53.0 Å². The monoisotopic (exact) mass is 387 g/mol. The van der Waals surface area contributed by atoms with Crippen LogP contribution in [0.15, 0.2) is 28.7 Å². The highest BCUT2D eigenvalue weighted by Gasteiger charge is 2.34. The lowest BCUT2D eigenvalue weighted by Crippen LogP contribution is -2.47. The molecule has 0 spiro atoms. The Labute approximate surface area is 164 Å². The quantitative estimate of drug-likeness (QED) is 0.807. The minimum atomic E-state index is -0.304. The third-order valence-electron chi connectivity index (χ3n) is 5.15. The first-order valence-corrected chi connectivity index (χ1v) is 9.53. The van der Waals surface area contributed by atoms with E-state index in [4.69, 9.17) is 4.42 Å². The Morgan fingerprint density at radius 3 is 2.54 bits per heavy atom. The predicted molar refractivity (Wildman–Crippen MR) is 102 cm³/mol. The number of amides is 2. The molecule has 1 atom stereocenters. The van der Waals surface area contributed by atoms with Gasteiger partial charge in [0.2, 0.25) is 5.91 Å². The molecule has 0 aliphatic carbocycles. The number of benzene rings is 1. The molecule has 7 heteroatoms. The fourth-order valence-electron chi connectivity index (χ4n) is 3.60. The van der Waals surface area contributed by atoms with E-state index in [2.05, 4.69) is 4.98 Å². The lowest BCUT2D eigenvalue weighted by Gasteiger charge is -2.34. The molecule has 0 saturated carbocycles. The van der Waals surface area contributed by atoms with E-state index < -0.39 is 0 Å². The Morgan fingerprint density at radius 1 is 1.29 bits per heavy atom. The summed E-state index contributed by atoms with van der Waals surface area (Å²) in [5.74, 6) is 0.564. The number of nitrogens with zero attached hydrogens (tertiary/aromatic N) is 3. The van der Waals surface area contributed by atoms with Gasteiger partial charge in [0.15, 0.2) is 11.6 Å². The number of carbonyl (C=O) groups excluding carboxylic acids is 2. The normalized spacial score (nSPS) is 17.9. The summed E-state index contributed by atoms with van der Waals surface area (Å²) in [5.41, 5.74) is 1.17. The number of hydrogen-bond donors (Lipinski definition) is 0. The summed E-state index contributed by atoms with van der Waals surface area (Å²) in [6.07, 6.45) is 0.242. The second-order valence-corrected chi connectivity index (χ2v) is 7.60. The zero-order valence-electron chi connectivity index (χ0n) is 16.7. The van der Waals surface area contributed by atoms with Crippen molar-refractivity contribution in [3.8, 4) is 0 Å². The first kappa shape index (κ1) is 20.0. The highest BCUT2D eigenvalue weighted by Crippen LogP contribution is 2.23. The van der Waals surface area contributed by atoms with Gasteiger partial charge in [0, 0.05) is 33.0 Å². The lowest BCUT2D eigenvalue weighted by molar-refractivity contribution is -0.134. The van der Waals surface area contributed by atoms with Gasteiger partial charge in [0.05, 0.1) is 6.04 Å². The molecule has 6 nitrogen and oxygen atoms in total. The molecule has 3 rings (SSSR count). The molecule has 2 amide bonds. The number of aromatic nitrogens is 1. The third-order valence-corrected chi connectivity index (χ3v) is 5.15. The Bertz CT molecular complexity index is 860. The number of hydrogen-bond acceptors (Lipinski definition) is 4. The van der Waals surface area contributed by atoms with Crippen molar-refractivity contribution in [2.45, 2.75) is 46.7 Å². The third kappa shape index (κ3) is 4.24. The second-order valence-electron chi connectivity index (χ2n) is 7.60. The standard InChI is InChI=1S/C21H26FN3O3/c1-13(2)18-12-24(21(27)20-14(3)28-15(4)23-20)10-9-19(26)25(18)11-16-5-7-17(22)8-6-16/h5-8,13,18H,9-12H2,1-4H3/t18-/m1/s1. The maximum atomic E-state index is 13.2. The first-order valence-electron chi connectivity index (χ1n) is 9.53. The molecule has 0 bridgehead atoms. The molecule has 1 aromatic heterocycles. The van der Waals surface area contributed by atoms with Crippen LogP contribution >= 0.6 is 0 Å². The van der Waals surface area contributed by atoms with Crippen LogP contribution in [-0.2, 0) is 11.3 Å². The van der Waals surface area contributed by atoms with Crippen LogP contribution in [0.4, 0.5) is 4.39 Å². The van der Waals surface area contributed by atoms with E-state index in [1.54, 1.807) is 30.9 Å². The van der Waals surface area contributed by atoms with Crippen molar-refractivity contribution in [2.24, 2.45) is 5.92 Å². The molecule has 2 aromatic rings. The summed E-state index contributed by atoms with van der Waals surface area (Å²) in [7, 11) is 0. The minimum absolute atomic E-state index is 0.00798. The Morgan fingerprint density at radius 2 is 1.96 bits per heavy atom. The molecule has 28 heavy (non-hydrogen) atoms. The van der Waals surface area contributed by atoms with E-state index in [-0.39, 0.29) is 36.0 Å². The smallest absolute Gasteiger partial charge is 0.276 e. The van der Waals surface area contributed by atoms with Gasteiger partial charge < -0.3 is 14.2 Å². The molecule has 0 N–H and O–H groups in total. The fraction of sp³-hybridized carbons (Fsp3) is 0.476. The van der Waals surface area contributed by atoms with Crippen LogP contribution in [0.5, 0.6) is 0 Å². The predicted octanol–water partition coefficient (Wildman–Crippen LogP) is 3.33. The molecular formula is C21H26FN3O3. The fourth-order valence-corrected chi connectivity index (χ4v) is 3.60. The number of rotatable bonds is 4. The van der Waals surface area contributed by atoms with Crippen LogP contribution < -0.4 is 0 Å². The Kier molecular flexibility index (Phi) is 5.82. The number of carbonyl (C=O) groups is 2. The van der Waals surface area contributed by atoms with Gasteiger partial charge in [0.25, 0.3) is 5.91 Å². The molecule has 2 heterocycles. The van der Waals surface area contributed by atoms with E-state index in [0.29, 0.717) is 37.0 Å². The van der Waals surface area contributed by atoms with Crippen LogP contribution in [0.2, 0.25) is 0 Å². The number of halogens is 1. The van der Waals surface area contributed by atoms with Gasteiger partial charge in [-0.25, -0.2) is 9.37 Å². The van der Waals surface area contributed by atoms with Crippen LogP contribution in [0, 0.1) is 25.6 Å². The van der Waals surface area contributed by atoms with Gasteiger partial charge in [-0.2, -0.15) is 0 Å². The van der Waals surface area contributed by atoms with E-state index in [9.17, 15) is 14.0 Å². The van der Waals surface area contributed by atoms with E-state index in [0.717, 1.165) is 5.56 Å². The Balaban J connectivity index is 1.84. The lowest BCUT2D eigenvalue weighted by atomic mass is 10.0. The molecule has 1 fully saturated rings. The molecule has 150 valence electrons. The van der Waals surface area contributed by atoms with E-state index >= 15 is 0 Å². The van der Waals surface area contributed by atoms with Gasteiger partial charge in [-0.15, -0.1) is 0 Å². The molecule has 1 aliphatic rings. The Hall–Kier alpha value is -2.70. The van der Waals surface area contributed by atoms with Crippen molar-refractivity contribution < 1.29 is 18.4 Å². The van der Waals surface area contributed by atoms with Gasteiger partial charge >= 0.3 is 0 Å². The molecular weight excluding hydrogens is 361 g/mol. The van der Waals surface area contributed by atoms with Gasteiger partial charge in [0.1, 0.15) is 11.6 Å². The highest BCUT2D eigenvalue weighted by atomic mass is 19.1. The SMILES string of the molecule is Cc1nc(C(=O)N2CCC(=O)N(Cc3ccc(F)cc3)[C@@H](C(C)C)C2)c(C)o1. The maximum absolute atomic E-state index is 13.2. The first-order chi connectivity index (χ1) is 13.3. The summed E-state index contributed by atoms with van der Waals surface area (Å²) in [5, 5.41) is 0. The van der Waals surface area contributed by atoms with Crippen molar-refractivity contribution in [1.29, 1.82) is 0 Å². The summed E-state index contributed by atoms with van der Waals surface area (Å²) < 4.78 is 18.6. The molecule has 1 aliphatic heterocycles. The van der Waals surface area contributed by atoms with Gasteiger partial charge in [-0.05, 0) is 30.5 Å². The average molecular weight is 387 g/mol. The molecule has 0 radical (unpaired) electrons. The van der Waals surface area contributed by atoms with E-state index in [1.807, 2.05) is 18.7 Å². The van der Waals surface area contributed by atoms with Crippen molar-refractivity contribution >= 4 is 11.8 Å². The molecule has 1 aromatic carbocycles. The van der Waals surface area contributed by atoms with E-state index in [1.165, 1.54) is 12.1 Å². The molecule has 1 saturated heterocycles.